The molecular formula is C19H32O2. The van der Waals surface area contributed by atoms with Crippen LogP contribution in [-0.2, 0) is 0 Å². The molecule has 2 rings (SSSR count). The normalized spacial score (nSPS) is 38.1. The van der Waals surface area contributed by atoms with Crippen LogP contribution < -0.4 is 0 Å². The van der Waals surface area contributed by atoms with Crippen molar-refractivity contribution in [2.45, 2.75) is 65.4 Å². The van der Waals surface area contributed by atoms with Gasteiger partial charge in [0.1, 0.15) is 0 Å². The smallest absolute Gasteiger partial charge is 0.0803 e. The van der Waals surface area contributed by atoms with E-state index in [1.807, 2.05) is 6.92 Å². The number of rotatable bonds is 4. The van der Waals surface area contributed by atoms with Gasteiger partial charge in [0, 0.05) is 0 Å². The third-order valence-corrected chi connectivity index (χ3v) is 6.38. The van der Waals surface area contributed by atoms with Crippen molar-refractivity contribution >= 4 is 0 Å². The SMILES string of the molecule is C=C[C@](C)(O)CC1C(CO)=CCC2C(C)(C)CCCC12C. The highest BCUT2D eigenvalue weighted by atomic mass is 16.3. The fourth-order valence-corrected chi connectivity index (χ4v) is 5.04. The van der Waals surface area contributed by atoms with Crippen molar-refractivity contribution in [3.05, 3.63) is 24.3 Å². The molecule has 2 nitrogen and oxygen atoms in total. The van der Waals surface area contributed by atoms with Crippen LogP contribution in [0.5, 0.6) is 0 Å². The average Bonchev–Trinajstić information content (AvgIpc) is 2.39. The Labute approximate surface area is 130 Å². The molecule has 0 heterocycles. The quantitative estimate of drug-likeness (QED) is 0.766. The predicted octanol–water partition coefficient (Wildman–Crippen LogP) is 4.08. The molecule has 2 aliphatic carbocycles. The summed E-state index contributed by atoms with van der Waals surface area (Å²) in [5, 5.41) is 20.3. The zero-order valence-corrected chi connectivity index (χ0v) is 14.2. The van der Waals surface area contributed by atoms with Crippen LogP contribution in [0.15, 0.2) is 24.3 Å². The summed E-state index contributed by atoms with van der Waals surface area (Å²) in [6, 6.07) is 0. The van der Waals surface area contributed by atoms with Crippen LogP contribution in [0.3, 0.4) is 0 Å². The highest BCUT2D eigenvalue weighted by Gasteiger charge is 2.53. The second-order valence-electron chi connectivity index (χ2n) is 8.39. The van der Waals surface area contributed by atoms with Crippen molar-refractivity contribution in [3.8, 4) is 0 Å². The van der Waals surface area contributed by atoms with Gasteiger partial charge in [-0.3, -0.25) is 0 Å². The molecule has 0 aromatic rings. The monoisotopic (exact) mass is 292 g/mol. The molecule has 0 radical (unpaired) electrons. The minimum atomic E-state index is -0.870. The Morgan fingerprint density at radius 1 is 1.38 bits per heavy atom. The van der Waals surface area contributed by atoms with Gasteiger partial charge in [0.2, 0.25) is 0 Å². The molecule has 21 heavy (non-hydrogen) atoms. The van der Waals surface area contributed by atoms with Crippen molar-refractivity contribution < 1.29 is 10.2 Å². The van der Waals surface area contributed by atoms with Gasteiger partial charge in [-0.2, -0.15) is 0 Å². The Balaban J connectivity index is 2.40. The maximum absolute atomic E-state index is 10.5. The number of hydrogen-bond donors (Lipinski definition) is 2. The summed E-state index contributed by atoms with van der Waals surface area (Å²) in [5.74, 6) is 0.869. The summed E-state index contributed by atoms with van der Waals surface area (Å²) in [5.41, 5.74) is 0.754. The first kappa shape index (κ1) is 16.8. The van der Waals surface area contributed by atoms with E-state index in [2.05, 4.69) is 33.4 Å². The van der Waals surface area contributed by atoms with E-state index >= 15 is 0 Å². The Kier molecular flexibility index (Phi) is 4.43. The van der Waals surface area contributed by atoms with Gasteiger partial charge in [0.25, 0.3) is 0 Å². The molecule has 2 aliphatic rings. The number of fused-ring (bicyclic) bond motifs is 1. The minimum absolute atomic E-state index is 0.112. The van der Waals surface area contributed by atoms with Crippen LogP contribution in [0.1, 0.15) is 59.8 Å². The van der Waals surface area contributed by atoms with Gasteiger partial charge < -0.3 is 10.2 Å². The third-order valence-electron chi connectivity index (χ3n) is 6.38. The average molecular weight is 292 g/mol. The molecule has 3 unspecified atom stereocenters. The summed E-state index contributed by atoms with van der Waals surface area (Å²) in [7, 11) is 0. The van der Waals surface area contributed by atoms with Crippen LogP contribution in [0, 0.1) is 22.7 Å². The van der Waals surface area contributed by atoms with Crippen LogP contribution in [0.4, 0.5) is 0 Å². The van der Waals surface area contributed by atoms with Crippen LogP contribution in [0.2, 0.25) is 0 Å². The van der Waals surface area contributed by atoms with E-state index in [0.29, 0.717) is 17.8 Å². The van der Waals surface area contributed by atoms with Crippen molar-refractivity contribution in [1.82, 2.24) is 0 Å². The summed E-state index contributed by atoms with van der Waals surface area (Å²) in [6.45, 7) is 12.9. The lowest BCUT2D eigenvalue weighted by Gasteiger charge is -2.57. The summed E-state index contributed by atoms with van der Waals surface area (Å²) >= 11 is 0. The summed E-state index contributed by atoms with van der Waals surface area (Å²) in [6.07, 6.45) is 9.31. The Morgan fingerprint density at radius 2 is 2.05 bits per heavy atom. The van der Waals surface area contributed by atoms with Crippen LogP contribution >= 0.6 is 0 Å². The first-order valence-electron chi connectivity index (χ1n) is 8.32. The molecule has 4 atom stereocenters. The number of allylic oxidation sites excluding steroid dienone is 1. The molecule has 2 N–H and O–H groups in total. The molecule has 1 fully saturated rings. The molecule has 0 spiro atoms. The summed E-state index contributed by atoms with van der Waals surface area (Å²) < 4.78 is 0. The van der Waals surface area contributed by atoms with E-state index in [9.17, 15) is 10.2 Å². The van der Waals surface area contributed by atoms with Crippen molar-refractivity contribution in [3.63, 3.8) is 0 Å². The molecule has 2 heteroatoms. The topological polar surface area (TPSA) is 40.5 Å². The number of hydrogen-bond acceptors (Lipinski definition) is 2. The molecule has 120 valence electrons. The van der Waals surface area contributed by atoms with Crippen molar-refractivity contribution in [2.24, 2.45) is 22.7 Å². The fraction of sp³-hybridized carbons (Fsp3) is 0.789. The van der Waals surface area contributed by atoms with E-state index in [1.54, 1.807) is 6.08 Å². The largest absolute Gasteiger partial charge is 0.392 e. The van der Waals surface area contributed by atoms with Gasteiger partial charge in [0.15, 0.2) is 0 Å². The first-order valence-corrected chi connectivity index (χ1v) is 8.32. The molecule has 0 aromatic carbocycles. The standard InChI is InChI=1S/C19H32O2/c1-6-18(4,21)12-15-14(13-20)8-9-16-17(2,3)10-7-11-19(15,16)5/h6,8,15-16,20-21H,1,7,9-13H2,2-5H3/t15?,16?,18-,19?/m0/s1. The molecular weight excluding hydrogens is 260 g/mol. The lowest BCUT2D eigenvalue weighted by Crippen LogP contribution is -2.50. The van der Waals surface area contributed by atoms with E-state index < -0.39 is 5.60 Å². The van der Waals surface area contributed by atoms with Crippen molar-refractivity contribution in [1.29, 1.82) is 0 Å². The second kappa shape index (κ2) is 5.55. The second-order valence-corrected chi connectivity index (χ2v) is 8.39. The van der Waals surface area contributed by atoms with Crippen molar-refractivity contribution in [2.75, 3.05) is 6.61 Å². The highest BCUT2D eigenvalue weighted by Crippen LogP contribution is 2.60. The number of aliphatic hydroxyl groups is 2. The fourth-order valence-electron chi connectivity index (χ4n) is 5.04. The lowest BCUT2D eigenvalue weighted by atomic mass is 9.47. The van der Waals surface area contributed by atoms with Gasteiger partial charge in [-0.15, -0.1) is 6.58 Å². The maximum Gasteiger partial charge on any atom is 0.0803 e. The predicted molar refractivity (Wildman–Crippen MR) is 87.9 cm³/mol. The zero-order chi connectivity index (χ0) is 15.9. The molecule has 0 bridgehead atoms. The Morgan fingerprint density at radius 3 is 2.62 bits per heavy atom. The Bertz CT molecular complexity index is 433. The van der Waals surface area contributed by atoms with Gasteiger partial charge in [-0.1, -0.05) is 39.3 Å². The first-order chi connectivity index (χ1) is 9.66. The summed E-state index contributed by atoms with van der Waals surface area (Å²) in [4.78, 5) is 0. The maximum atomic E-state index is 10.5. The van der Waals surface area contributed by atoms with E-state index in [0.717, 1.165) is 12.0 Å². The molecule has 0 saturated heterocycles. The highest BCUT2D eigenvalue weighted by molar-refractivity contribution is 5.21. The van der Waals surface area contributed by atoms with Gasteiger partial charge in [-0.25, -0.2) is 0 Å². The van der Waals surface area contributed by atoms with Crippen LogP contribution in [0.25, 0.3) is 0 Å². The van der Waals surface area contributed by atoms with E-state index in [4.69, 9.17) is 0 Å². The number of aliphatic hydroxyl groups excluding tert-OH is 1. The molecule has 0 amide bonds. The van der Waals surface area contributed by atoms with Crippen LogP contribution in [-0.4, -0.2) is 22.4 Å². The van der Waals surface area contributed by atoms with Gasteiger partial charge >= 0.3 is 0 Å². The zero-order valence-electron chi connectivity index (χ0n) is 14.2. The molecule has 0 aromatic heterocycles. The van der Waals surface area contributed by atoms with E-state index in [1.165, 1.54) is 19.3 Å². The molecule has 0 aliphatic heterocycles. The lowest BCUT2D eigenvalue weighted by molar-refractivity contribution is -0.0596. The molecule has 1 saturated carbocycles. The van der Waals surface area contributed by atoms with E-state index in [-0.39, 0.29) is 17.9 Å². The minimum Gasteiger partial charge on any atom is -0.392 e. The third kappa shape index (κ3) is 2.98. The Hall–Kier alpha value is -0.600. The van der Waals surface area contributed by atoms with Gasteiger partial charge in [0.05, 0.1) is 12.2 Å². The van der Waals surface area contributed by atoms with Gasteiger partial charge in [-0.05, 0) is 60.8 Å².